The van der Waals surface area contributed by atoms with Crippen molar-refractivity contribution in [3.8, 4) is 0 Å². The summed E-state index contributed by atoms with van der Waals surface area (Å²) in [5.41, 5.74) is 1.36. The van der Waals surface area contributed by atoms with Gasteiger partial charge in [-0.1, -0.05) is 6.07 Å². The van der Waals surface area contributed by atoms with E-state index in [1.54, 1.807) is 12.1 Å². The number of carbonyl (C=O) groups is 2. The van der Waals surface area contributed by atoms with Crippen LogP contribution in [0.2, 0.25) is 0 Å². The van der Waals surface area contributed by atoms with Gasteiger partial charge >= 0.3 is 5.97 Å². The van der Waals surface area contributed by atoms with E-state index in [0.29, 0.717) is 38.9 Å². The maximum atomic E-state index is 13.9. The molecule has 0 radical (unpaired) electrons. The first-order valence-electron chi connectivity index (χ1n) is 9.27. The highest BCUT2D eigenvalue weighted by Gasteiger charge is 2.32. The third kappa shape index (κ3) is 4.34. The molecule has 1 amide bonds. The fraction of sp³-hybridized carbons (Fsp3) is 0.600. The smallest absolute Gasteiger partial charge is 0.309 e. The van der Waals surface area contributed by atoms with E-state index < -0.39 is 5.60 Å². The minimum absolute atomic E-state index is 0.0360. The number of halogens is 1. The molecule has 2 aliphatic heterocycles. The fourth-order valence-electron chi connectivity index (χ4n) is 3.70. The Morgan fingerprint density at radius 2 is 1.96 bits per heavy atom. The number of anilines is 1. The lowest BCUT2D eigenvalue weighted by Gasteiger charge is -2.35. The van der Waals surface area contributed by atoms with Crippen molar-refractivity contribution in [2.45, 2.75) is 51.6 Å². The first kappa shape index (κ1) is 18.7. The molecule has 3 rings (SSSR count). The molecule has 2 saturated heterocycles. The summed E-state index contributed by atoms with van der Waals surface area (Å²) >= 11 is 0. The normalized spacial score (nSPS) is 21.6. The van der Waals surface area contributed by atoms with Crippen molar-refractivity contribution >= 4 is 17.6 Å². The van der Waals surface area contributed by atoms with Crippen LogP contribution in [0.15, 0.2) is 18.2 Å². The van der Waals surface area contributed by atoms with Crippen LogP contribution in [0.1, 0.15) is 51.5 Å². The van der Waals surface area contributed by atoms with Crippen LogP contribution in [0.5, 0.6) is 0 Å². The monoisotopic (exact) mass is 362 g/mol. The predicted octanol–water partition coefficient (Wildman–Crippen LogP) is 2.99. The maximum Gasteiger partial charge on any atom is 0.309 e. The van der Waals surface area contributed by atoms with E-state index >= 15 is 0 Å². The van der Waals surface area contributed by atoms with Gasteiger partial charge in [0.1, 0.15) is 11.4 Å². The highest BCUT2D eigenvalue weighted by Crippen LogP contribution is 2.35. The molecule has 2 heterocycles. The standard InChI is InChI=1S/C20H27FN2O3/c1-20(2,3)26-19(25)13-6-8-23(9-7-13)17-11-15(21)4-5-16(17)14-10-18(24)22-12-14/h4-5,11,13-14H,6-10,12H2,1-3H3,(H,22,24)/t14-/m1/s1. The zero-order valence-electron chi connectivity index (χ0n) is 15.7. The van der Waals surface area contributed by atoms with E-state index in [-0.39, 0.29) is 29.5 Å². The van der Waals surface area contributed by atoms with Gasteiger partial charge in [0.25, 0.3) is 0 Å². The van der Waals surface area contributed by atoms with Gasteiger partial charge in [0.2, 0.25) is 5.91 Å². The molecule has 0 aromatic heterocycles. The molecular weight excluding hydrogens is 335 g/mol. The Kier molecular flexibility index (Phi) is 5.21. The maximum absolute atomic E-state index is 13.9. The Balaban J connectivity index is 1.70. The average Bonchev–Trinajstić information content (AvgIpc) is 2.99. The van der Waals surface area contributed by atoms with Gasteiger partial charge in [-0.15, -0.1) is 0 Å². The minimum atomic E-state index is -0.480. The molecule has 142 valence electrons. The number of hydrogen-bond donors (Lipinski definition) is 1. The van der Waals surface area contributed by atoms with Gasteiger partial charge in [-0.2, -0.15) is 0 Å². The van der Waals surface area contributed by atoms with Crippen LogP contribution in [-0.2, 0) is 14.3 Å². The van der Waals surface area contributed by atoms with Crippen molar-refractivity contribution in [3.05, 3.63) is 29.6 Å². The van der Waals surface area contributed by atoms with Gasteiger partial charge in [-0.25, -0.2) is 4.39 Å². The number of esters is 1. The van der Waals surface area contributed by atoms with Crippen LogP contribution in [0.4, 0.5) is 10.1 Å². The molecule has 5 nitrogen and oxygen atoms in total. The van der Waals surface area contributed by atoms with Crippen LogP contribution in [-0.4, -0.2) is 37.1 Å². The Bertz CT molecular complexity index is 691. The van der Waals surface area contributed by atoms with E-state index in [1.807, 2.05) is 20.8 Å². The lowest BCUT2D eigenvalue weighted by Crippen LogP contribution is -2.39. The number of carbonyl (C=O) groups excluding carboxylic acids is 2. The van der Waals surface area contributed by atoms with E-state index in [2.05, 4.69) is 10.2 Å². The molecule has 1 N–H and O–H groups in total. The number of piperidine rings is 1. The van der Waals surface area contributed by atoms with Crippen LogP contribution in [0, 0.1) is 11.7 Å². The van der Waals surface area contributed by atoms with Gasteiger partial charge in [0, 0.05) is 37.7 Å². The Morgan fingerprint density at radius 3 is 2.54 bits per heavy atom. The molecule has 26 heavy (non-hydrogen) atoms. The molecule has 6 heteroatoms. The molecule has 0 spiro atoms. The zero-order valence-corrected chi connectivity index (χ0v) is 15.7. The molecule has 1 aromatic rings. The lowest BCUT2D eigenvalue weighted by molar-refractivity contribution is -0.160. The quantitative estimate of drug-likeness (QED) is 0.840. The Hall–Kier alpha value is -2.11. The second-order valence-corrected chi connectivity index (χ2v) is 8.20. The van der Waals surface area contributed by atoms with Crippen molar-refractivity contribution in [1.82, 2.24) is 5.32 Å². The molecule has 1 atom stereocenters. The number of rotatable bonds is 3. The van der Waals surface area contributed by atoms with Gasteiger partial charge in [-0.3, -0.25) is 9.59 Å². The summed E-state index contributed by atoms with van der Waals surface area (Å²) in [6.07, 6.45) is 1.81. The van der Waals surface area contributed by atoms with Crippen LogP contribution in [0.25, 0.3) is 0 Å². The Labute approximate surface area is 153 Å². The number of hydrogen-bond acceptors (Lipinski definition) is 4. The number of amides is 1. The van der Waals surface area contributed by atoms with Gasteiger partial charge in [0.15, 0.2) is 0 Å². The fourth-order valence-corrected chi connectivity index (χ4v) is 3.70. The molecule has 0 bridgehead atoms. The lowest BCUT2D eigenvalue weighted by atomic mass is 9.92. The number of ether oxygens (including phenoxy) is 1. The molecular formula is C20H27FN2O3. The first-order chi connectivity index (χ1) is 12.2. The van der Waals surface area contributed by atoms with E-state index in [1.165, 1.54) is 6.07 Å². The zero-order chi connectivity index (χ0) is 18.9. The Morgan fingerprint density at radius 1 is 1.27 bits per heavy atom. The summed E-state index contributed by atoms with van der Waals surface area (Å²) in [4.78, 5) is 26.0. The molecule has 2 aliphatic rings. The van der Waals surface area contributed by atoms with Crippen molar-refractivity contribution < 1.29 is 18.7 Å². The summed E-state index contributed by atoms with van der Waals surface area (Å²) < 4.78 is 19.4. The predicted molar refractivity (Wildman–Crippen MR) is 97.5 cm³/mol. The van der Waals surface area contributed by atoms with E-state index in [0.717, 1.165) is 11.3 Å². The second-order valence-electron chi connectivity index (χ2n) is 8.20. The summed E-state index contributed by atoms with van der Waals surface area (Å²) in [7, 11) is 0. The first-order valence-corrected chi connectivity index (χ1v) is 9.27. The summed E-state index contributed by atoms with van der Waals surface area (Å²) in [5.74, 6) is -0.440. The third-order valence-corrected chi connectivity index (χ3v) is 4.99. The van der Waals surface area contributed by atoms with Gasteiger partial charge < -0.3 is 15.0 Å². The van der Waals surface area contributed by atoms with Crippen LogP contribution in [0.3, 0.4) is 0 Å². The van der Waals surface area contributed by atoms with Crippen molar-refractivity contribution in [2.75, 3.05) is 24.5 Å². The highest BCUT2D eigenvalue weighted by molar-refractivity contribution is 5.80. The largest absolute Gasteiger partial charge is 0.460 e. The van der Waals surface area contributed by atoms with Crippen molar-refractivity contribution in [2.24, 2.45) is 5.92 Å². The summed E-state index contributed by atoms with van der Waals surface area (Å²) in [6, 6.07) is 4.79. The van der Waals surface area contributed by atoms with Crippen LogP contribution < -0.4 is 10.2 Å². The topological polar surface area (TPSA) is 58.6 Å². The summed E-state index contributed by atoms with van der Waals surface area (Å²) in [5, 5.41) is 2.84. The number of nitrogens with one attached hydrogen (secondary N) is 1. The minimum Gasteiger partial charge on any atom is -0.460 e. The molecule has 0 aliphatic carbocycles. The van der Waals surface area contributed by atoms with Crippen LogP contribution >= 0.6 is 0 Å². The van der Waals surface area contributed by atoms with Crippen molar-refractivity contribution in [3.63, 3.8) is 0 Å². The number of nitrogens with zero attached hydrogens (tertiary/aromatic N) is 1. The number of benzene rings is 1. The van der Waals surface area contributed by atoms with E-state index in [9.17, 15) is 14.0 Å². The molecule has 0 saturated carbocycles. The van der Waals surface area contributed by atoms with E-state index in [4.69, 9.17) is 4.74 Å². The SMILES string of the molecule is CC(C)(C)OC(=O)C1CCN(c2cc(F)ccc2[C@H]2CNC(=O)C2)CC1. The molecule has 2 fully saturated rings. The molecule has 0 unspecified atom stereocenters. The van der Waals surface area contributed by atoms with Gasteiger partial charge in [-0.05, 0) is 51.3 Å². The third-order valence-electron chi connectivity index (χ3n) is 4.99. The van der Waals surface area contributed by atoms with Crippen molar-refractivity contribution in [1.29, 1.82) is 0 Å². The second kappa shape index (κ2) is 7.25. The highest BCUT2D eigenvalue weighted by atomic mass is 19.1. The van der Waals surface area contributed by atoms with Gasteiger partial charge in [0.05, 0.1) is 5.92 Å². The summed E-state index contributed by atoms with van der Waals surface area (Å²) in [6.45, 7) is 7.55. The average molecular weight is 362 g/mol. The molecule has 1 aromatic carbocycles.